The van der Waals surface area contributed by atoms with Gasteiger partial charge in [0.15, 0.2) is 0 Å². The van der Waals surface area contributed by atoms with Crippen LogP contribution in [-0.4, -0.2) is 46.5 Å². The van der Waals surface area contributed by atoms with E-state index >= 15 is 0 Å². The summed E-state index contributed by atoms with van der Waals surface area (Å²) in [6, 6.07) is 0.325. The third-order valence-corrected chi connectivity index (χ3v) is 3.36. The van der Waals surface area contributed by atoms with E-state index in [-0.39, 0.29) is 12.2 Å². The van der Waals surface area contributed by atoms with E-state index in [1.807, 2.05) is 0 Å². The SMILES string of the molecule is OC1CCCCC1N1CC[C@@H](O)C1. The summed E-state index contributed by atoms with van der Waals surface area (Å²) in [5, 5.41) is 19.2. The Bertz CT molecular complexity index is 174. The fourth-order valence-electron chi connectivity index (χ4n) is 2.59. The summed E-state index contributed by atoms with van der Waals surface area (Å²) in [4.78, 5) is 2.26. The van der Waals surface area contributed by atoms with E-state index in [1.54, 1.807) is 0 Å². The molecule has 1 heterocycles. The molecule has 1 aliphatic carbocycles. The predicted octanol–water partition coefficient (Wildman–Crippen LogP) is 0.357. The lowest BCUT2D eigenvalue weighted by atomic mass is 9.91. The van der Waals surface area contributed by atoms with E-state index < -0.39 is 0 Å². The molecule has 3 atom stereocenters. The minimum absolute atomic E-state index is 0.154. The minimum atomic E-state index is -0.158. The van der Waals surface area contributed by atoms with Gasteiger partial charge in [0.2, 0.25) is 0 Å². The zero-order chi connectivity index (χ0) is 9.26. The van der Waals surface area contributed by atoms with Crippen LogP contribution in [0.25, 0.3) is 0 Å². The Morgan fingerprint density at radius 3 is 2.38 bits per heavy atom. The summed E-state index contributed by atoms with van der Waals surface area (Å²) in [5.74, 6) is 0. The second-order valence-electron chi connectivity index (χ2n) is 4.36. The molecule has 1 saturated heterocycles. The van der Waals surface area contributed by atoms with E-state index in [4.69, 9.17) is 0 Å². The highest BCUT2D eigenvalue weighted by atomic mass is 16.3. The standard InChI is InChI=1S/C10H19NO2/c12-8-5-6-11(7-8)9-3-1-2-4-10(9)13/h8-10,12-13H,1-7H2/t8-,9?,10?/m1/s1. The molecule has 3 heteroatoms. The van der Waals surface area contributed by atoms with E-state index in [0.29, 0.717) is 6.04 Å². The van der Waals surface area contributed by atoms with Crippen molar-refractivity contribution in [3.05, 3.63) is 0 Å². The van der Waals surface area contributed by atoms with Crippen LogP contribution >= 0.6 is 0 Å². The third-order valence-electron chi connectivity index (χ3n) is 3.36. The highest BCUT2D eigenvalue weighted by molar-refractivity contribution is 4.87. The summed E-state index contributed by atoms with van der Waals surface area (Å²) >= 11 is 0. The maximum Gasteiger partial charge on any atom is 0.0695 e. The molecule has 0 amide bonds. The Labute approximate surface area is 79.4 Å². The van der Waals surface area contributed by atoms with E-state index in [9.17, 15) is 10.2 Å². The Morgan fingerprint density at radius 1 is 1.00 bits per heavy atom. The molecule has 0 spiro atoms. The van der Waals surface area contributed by atoms with E-state index in [1.165, 1.54) is 6.42 Å². The van der Waals surface area contributed by atoms with Gasteiger partial charge in [-0.25, -0.2) is 0 Å². The van der Waals surface area contributed by atoms with Crippen molar-refractivity contribution in [2.24, 2.45) is 0 Å². The number of rotatable bonds is 1. The molecule has 0 radical (unpaired) electrons. The van der Waals surface area contributed by atoms with Crippen LogP contribution in [0.5, 0.6) is 0 Å². The monoisotopic (exact) mass is 185 g/mol. The summed E-state index contributed by atoms with van der Waals surface area (Å²) in [7, 11) is 0. The van der Waals surface area contributed by atoms with Crippen LogP contribution < -0.4 is 0 Å². The summed E-state index contributed by atoms with van der Waals surface area (Å²) in [6.07, 6.45) is 5.00. The van der Waals surface area contributed by atoms with E-state index in [2.05, 4.69) is 4.90 Å². The zero-order valence-electron chi connectivity index (χ0n) is 8.02. The highest BCUT2D eigenvalue weighted by Gasteiger charge is 2.32. The van der Waals surface area contributed by atoms with Crippen LogP contribution in [0.2, 0.25) is 0 Å². The molecule has 1 aliphatic heterocycles. The van der Waals surface area contributed by atoms with Crippen molar-refractivity contribution in [1.29, 1.82) is 0 Å². The van der Waals surface area contributed by atoms with Gasteiger partial charge in [-0.05, 0) is 19.3 Å². The lowest BCUT2D eigenvalue weighted by molar-refractivity contribution is 0.0253. The molecule has 1 saturated carbocycles. The van der Waals surface area contributed by atoms with Gasteiger partial charge in [0.25, 0.3) is 0 Å². The van der Waals surface area contributed by atoms with Gasteiger partial charge in [0.05, 0.1) is 12.2 Å². The van der Waals surface area contributed by atoms with Crippen molar-refractivity contribution in [2.75, 3.05) is 13.1 Å². The van der Waals surface area contributed by atoms with Crippen molar-refractivity contribution in [2.45, 2.75) is 50.4 Å². The van der Waals surface area contributed by atoms with Gasteiger partial charge in [-0.2, -0.15) is 0 Å². The highest BCUT2D eigenvalue weighted by Crippen LogP contribution is 2.25. The molecule has 0 bridgehead atoms. The first-order chi connectivity index (χ1) is 6.27. The molecule has 0 aromatic carbocycles. The summed E-state index contributed by atoms with van der Waals surface area (Å²) in [6.45, 7) is 1.73. The average molecular weight is 185 g/mol. The smallest absolute Gasteiger partial charge is 0.0695 e. The first-order valence-corrected chi connectivity index (χ1v) is 5.37. The molecule has 2 aliphatic rings. The molecule has 0 aromatic rings. The van der Waals surface area contributed by atoms with Crippen molar-refractivity contribution in [3.63, 3.8) is 0 Å². The van der Waals surface area contributed by atoms with Gasteiger partial charge in [0, 0.05) is 19.1 Å². The van der Waals surface area contributed by atoms with Gasteiger partial charge in [-0.3, -0.25) is 4.90 Å². The summed E-state index contributed by atoms with van der Waals surface area (Å²) < 4.78 is 0. The number of aliphatic hydroxyl groups is 2. The van der Waals surface area contributed by atoms with Gasteiger partial charge in [0.1, 0.15) is 0 Å². The van der Waals surface area contributed by atoms with Crippen LogP contribution in [0.15, 0.2) is 0 Å². The number of β-amino-alcohol motifs (C(OH)–C–C–N with tert-alkyl or cyclic N) is 1. The number of hydrogen-bond donors (Lipinski definition) is 2. The van der Waals surface area contributed by atoms with Crippen LogP contribution in [0.3, 0.4) is 0 Å². The van der Waals surface area contributed by atoms with Gasteiger partial charge in [-0.1, -0.05) is 12.8 Å². The van der Waals surface area contributed by atoms with Crippen LogP contribution in [0.4, 0.5) is 0 Å². The second kappa shape index (κ2) is 3.95. The normalized spacial score (nSPS) is 42.5. The third kappa shape index (κ3) is 2.03. The molecule has 76 valence electrons. The second-order valence-corrected chi connectivity index (χ2v) is 4.36. The van der Waals surface area contributed by atoms with Gasteiger partial charge < -0.3 is 10.2 Å². The number of hydrogen-bond acceptors (Lipinski definition) is 3. The Kier molecular flexibility index (Phi) is 2.86. The van der Waals surface area contributed by atoms with Crippen molar-refractivity contribution < 1.29 is 10.2 Å². The van der Waals surface area contributed by atoms with Crippen LogP contribution in [-0.2, 0) is 0 Å². The molecule has 0 aromatic heterocycles. The molecule has 2 rings (SSSR count). The van der Waals surface area contributed by atoms with Gasteiger partial charge >= 0.3 is 0 Å². The Balaban J connectivity index is 1.91. The zero-order valence-corrected chi connectivity index (χ0v) is 8.02. The van der Waals surface area contributed by atoms with Crippen molar-refractivity contribution in [3.8, 4) is 0 Å². The quantitative estimate of drug-likeness (QED) is 0.620. The van der Waals surface area contributed by atoms with Crippen molar-refractivity contribution >= 4 is 0 Å². The Hall–Kier alpha value is -0.120. The van der Waals surface area contributed by atoms with Crippen molar-refractivity contribution in [1.82, 2.24) is 4.90 Å². The molecular formula is C10H19NO2. The fraction of sp³-hybridized carbons (Fsp3) is 1.00. The molecule has 13 heavy (non-hydrogen) atoms. The topological polar surface area (TPSA) is 43.7 Å². The van der Waals surface area contributed by atoms with Crippen LogP contribution in [0.1, 0.15) is 32.1 Å². The maximum absolute atomic E-state index is 9.79. The average Bonchev–Trinajstić information content (AvgIpc) is 2.53. The number of likely N-dealkylation sites (tertiary alicyclic amines) is 1. The predicted molar refractivity (Wildman–Crippen MR) is 50.5 cm³/mol. The van der Waals surface area contributed by atoms with E-state index in [0.717, 1.165) is 38.8 Å². The first kappa shape index (κ1) is 9.44. The lowest BCUT2D eigenvalue weighted by Gasteiger charge is -2.34. The van der Waals surface area contributed by atoms with Gasteiger partial charge in [-0.15, -0.1) is 0 Å². The summed E-state index contributed by atoms with van der Waals surface area (Å²) in [5.41, 5.74) is 0. The maximum atomic E-state index is 9.79. The molecule has 2 fully saturated rings. The Morgan fingerprint density at radius 2 is 1.77 bits per heavy atom. The number of aliphatic hydroxyl groups excluding tert-OH is 2. The molecule has 2 N–H and O–H groups in total. The molecule has 3 nitrogen and oxygen atoms in total. The lowest BCUT2D eigenvalue weighted by Crippen LogP contribution is -2.44. The largest absolute Gasteiger partial charge is 0.392 e. The number of nitrogens with zero attached hydrogens (tertiary/aromatic N) is 1. The minimum Gasteiger partial charge on any atom is -0.392 e. The molecular weight excluding hydrogens is 166 g/mol. The fourth-order valence-corrected chi connectivity index (χ4v) is 2.59. The van der Waals surface area contributed by atoms with Crippen LogP contribution in [0, 0.1) is 0 Å². The molecule has 2 unspecified atom stereocenters. The first-order valence-electron chi connectivity index (χ1n) is 5.37.